The molecule has 0 saturated carbocycles. The number of aromatic nitrogens is 1. The Balaban J connectivity index is 0.00000320. The molecule has 0 aliphatic carbocycles. The van der Waals surface area contributed by atoms with Crippen LogP contribution in [-0.4, -0.2) is 56.2 Å². The van der Waals surface area contributed by atoms with Crippen molar-refractivity contribution in [3.05, 3.63) is 45.9 Å². The SMILES string of the molecule is CN=C(NCCc1ncc(C)s1)NCC1CCN(Cc2ccc(OC)cc2)CC1.I. The van der Waals surface area contributed by atoms with Gasteiger partial charge >= 0.3 is 0 Å². The monoisotopic (exact) mass is 543 g/mol. The highest BCUT2D eigenvalue weighted by Crippen LogP contribution is 2.19. The van der Waals surface area contributed by atoms with Crippen LogP contribution in [0.4, 0.5) is 0 Å². The van der Waals surface area contributed by atoms with Gasteiger partial charge < -0.3 is 15.4 Å². The lowest BCUT2D eigenvalue weighted by Crippen LogP contribution is -2.43. The quantitative estimate of drug-likeness (QED) is 0.302. The summed E-state index contributed by atoms with van der Waals surface area (Å²) in [5, 5.41) is 8.08. The number of methoxy groups -OCH3 is 1. The molecule has 2 aromatic rings. The molecule has 0 unspecified atom stereocenters. The third kappa shape index (κ3) is 8.03. The Labute approximate surface area is 201 Å². The average molecular weight is 544 g/mol. The van der Waals surface area contributed by atoms with E-state index in [4.69, 9.17) is 4.74 Å². The highest BCUT2D eigenvalue weighted by molar-refractivity contribution is 14.0. The standard InChI is InChI=1S/C22H33N5OS.HI/c1-17-14-25-21(29-17)8-11-24-22(23-2)26-15-18-9-12-27(13-10-18)16-19-4-6-20(28-3)7-5-19;/h4-7,14,18H,8-13,15-16H2,1-3H3,(H2,23,24,26);1H. The maximum Gasteiger partial charge on any atom is 0.190 e. The molecule has 2 N–H and O–H groups in total. The summed E-state index contributed by atoms with van der Waals surface area (Å²) < 4.78 is 5.24. The van der Waals surface area contributed by atoms with Crippen LogP contribution in [-0.2, 0) is 13.0 Å². The molecule has 0 amide bonds. The van der Waals surface area contributed by atoms with Crippen LogP contribution in [0.1, 0.15) is 28.3 Å². The zero-order valence-corrected chi connectivity index (χ0v) is 21.3. The zero-order chi connectivity index (χ0) is 20.5. The number of ether oxygens (including phenoxy) is 1. The van der Waals surface area contributed by atoms with Crippen molar-refractivity contribution in [1.29, 1.82) is 0 Å². The summed E-state index contributed by atoms with van der Waals surface area (Å²) in [5.74, 6) is 2.50. The number of likely N-dealkylation sites (tertiary alicyclic amines) is 1. The van der Waals surface area contributed by atoms with E-state index < -0.39 is 0 Å². The minimum atomic E-state index is 0. The van der Waals surface area contributed by atoms with E-state index in [0.29, 0.717) is 5.92 Å². The number of nitrogens with zero attached hydrogens (tertiary/aromatic N) is 3. The second kappa shape index (κ2) is 13.1. The van der Waals surface area contributed by atoms with Crippen molar-refractivity contribution in [2.24, 2.45) is 10.9 Å². The minimum Gasteiger partial charge on any atom is -0.497 e. The summed E-state index contributed by atoms with van der Waals surface area (Å²) in [6.45, 7) is 7.24. The molecule has 8 heteroatoms. The van der Waals surface area contributed by atoms with Crippen LogP contribution >= 0.6 is 35.3 Å². The Morgan fingerprint density at radius 2 is 1.97 bits per heavy atom. The number of nitrogens with one attached hydrogen (secondary N) is 2. The molecule has 30 heavy (non-hydrogen) atoms. The Bertz CT molecular complexity index is 772. The first-order valence-corrected chi connectivity index (χ1v) is 11.2. The Morgan fingerprint density at radius 3 is 2.57 bits per heavy atom. The molecule has 1 aromatic carbocycles. The molecule has 0 bridgehead atoms. The predicted octanol–water partition coefficient (Wildman–Crippen LogP) is 3.70. The van der Waals surface area contributed by atoms with E-state index >= 15 is 0 Å². The number of aliphatic imine (C=N–C) groups is 1. The topological polar surface area (TPSA) is 61.8 Å². The maximum atomic E-state index is 5.24. The lowest BCUT2D eigenvalue weighted by Gasteiger charge is -2.32. The van der Waals surface area contributed by atoms with Crippen LogP contribution < -0.4 is 15.4 Å². The molecule has 6 nitrogen and oxygen atoms in total. The molecule has 0 radical (unpaired) electrons. The molecular weight excluding hydrogens is 509 g/mol. The smallest absolute Gasteiger partial charge is 0.190 e. The number of hydrogen-bond donors (Lipinski definition) is 2. The van der Waals surface area contributed by atoms with E-state index in [1.165, 1.54) is 28.3 Å². The van der Waals surface area contributed by atoms with Gasteiger partial charge in [-0.3, -0.25) is 9.89 Å². The van der Waals surface area contributed by atoms with E-state index in [-0.39, 0.29) is 24.0 Å². The summed E-state index contributed by atoms with van der Waals surface area (Å²) in [6, 6.07) is 8.41. The highest BCUT2D eigenvalue weighted by Gasteiger charge is 2.19. The molecular formula is C22H34IN5OS. The third-order valence-electron chi connectivity index (χ3n) is 5.35. The number of halogens is 1. The van der Waals surface area contributed by atoms with Gasteiger partial charge in [0.2, 0.25) is 0 Å². The van der Waals surface area contributed by atoms with E-state index in [9.17, 15) is 0 Å². The van der Waals surface area contributed by atoms with Gasteiger partial charge in [0, 0.05) is 44.2 Å². The van der Waals surface area contributed by atoms with Gasteiger partial charge in [-0.25, -0.2) is 4.98 Å². The van der Waals surface area contributed by atoms with Crippen LogP contribution in [0.2, 0.25) is 0 Å². The second-order valence-corrected chi connectivity index (χ2v) is 8.88. The molecule has 1 aromatic heterocycles. The van der Waals surface area contributed by atoms with E-state index in [2.05, 4.69) is 44.6 Å². The van der Waals surface area contributed by atoms with Crippen LogP contribution in [0.5, 0.6) is 5.75 Å². The normalized spacial score (nSPS) is 15.5. The summed E-state index contributed by atoms with van der Waals surface area (Å²) in [4.78, 5) is 12.6. The van der Waals surface area contributed by atoms with Crippen LogP contribution in [0, 0.1) is 12.8 Å². The van der Waals surface area contributed by atoms with Gasteiger partial charge in [0.1, 0.15) is 5.75 Å². The number of benzene rings is 1. The zero-order valence-electron chi connectivity index (χ0n) is 18.2. The molecule has 1 saturated heterocycles. The fourth-order valence-electron chi connectivity index (χ4n) is 3.60. The largest absolute Gasteiger partial charge is 0.497 e. The molecule has 1 aliphatic rings. The van der Waals surface area contributed by atoms with Crippen molar-refractivity contribution in [2.45, 2.75) is 32.7 Å². The van der Waals surface area contributed by atoms with Crippen molar-refractivity contribution >= 4 is 41.3 Å². The fourth-order valence-corrected chi connectivity index (χ4v) is 4.39. The summed E-state index contributed by atoms with van der Waals surface area (Å²) >= 11 is 1.76. The maximum absolute atomic E-state index is 5.24. The van der Waals surface area contributed by atoms with Gasteiger partial charge in [-0.05, 0) is 56.5 Å². The highest BCUT2D eigenvalue weighted by atomic mass is 127. The fraction of sp³-hybridized carbons (Fsp3) is 0.545. The van der Waals surface area contributed by atoms with Crippen LogP contribution in [0.25, 0.3) is 0 Å². The van der Waals surface area contributed by atoms with Crippen molar-refractivity contribution in [3.8, 4) is 5.75 Å². The number of guanidine groups is 1. The van der Waals surface area contributed by atoms with Gasteiger partial charge in [-0.1, -0.05) is 12.1 Å². The van der Waals surface area contributed by atoms with Crippen molar-refractivity contribution in [3.63, 3.8) is 0 Å². The molecule has 0 spiro atoms. The number of rotatable bonds is 8. The van der Waals surface area contributed by atoms with E-state index in [1.807, 2.05) is 25.4 Å². The van der Waals surface area contributed by atoms with Crippen molar-refractivity contribution in [1.82, 2.24) is 20.5 Å². The lowest BCUT2D eigenvalue weighted by molar-refractivity contribution is 0.178. The molecule has 166 valence electrons. The molecule has 1 fully saturated rings. The van der Waals surface area contributed by atoms with E-state index in [0.717, 1.165) is 50.9 Å². The van der Waals surface area contributed by atoms with Gasteiger partial charge in [0.15, 0.2) is 5.96 Å². The van der Waals surface area contributed by atoms with Crippen LogP contribution in [0.15, 0.2) is 35.5 Å². The van der Waals surface area contributed by atoms with Gasteiger partial charge in [0.05, 0.1) is 12.1 Å². The van der Waals surface area contributed by atoms with Crippen molar-refractivity contribution in [2.75, 3.05) is 40.3 Å². The third-order valence-corrected chi connectivity index (χ3v) is 6.33. The lowest BCUT2D eigenvalue weighted by atomic mass is 9.96. The molecule has 3 rings (SSSR count). The van der Waals surface area contributed by atoms with E-state index in [1.54, 1.807) is 18.4 Å². The van der Waals surface area contributed by atoms with Gasteiger partial charge in [-0.15, -0.1) is 35.3 Å². The first kappa shape index (κ1) is 24.9. The molecule has 1 aliphatic heterocycles. The summed E-state index contributed by atoms with van der Waals surface area (Å²) in [5.41, 5.74) is 1.35. The van der Waals surface area contributed by atoms with Gasteiger partial charge in [-0.2, -0.15) is 0 Å². The Hall–Kier alpha value is -1.39. The second-order valence-electron chi connectivity index (χ2n) is 7.56. The van der Waals surface area contributed by atoms with Crippen molar-refractivity contribution < 1.29 is 4.74 Å². The summed E-state index contributed by atoms with van der Waals surface area (Å²) in [7, 11) is 3.54. The van der Waals surface area contributed by atoms with Crippen LogP contribution in [0.3, 0.4) is 0 Å². The molecule has 0 atom stereocenters. The number of aryl methyl sites for hydroxylation is 1. The minimum absolute atomic E-state index is 0. The predicted molar refractivity (Wildman–Crippen MR) is 136 cm³/mol. The number of thiazole rings is 1. The summed E-state index contributed by atoms with van der Waals surface area (Å²) in [6.07, 6.45) is 5.31. The number of piperidine rings is 1. The number of hydrogen-bond acceptors (Lipinski definition) is 5. The molecule has 2 heterocycles. The Kier molecular flexibility index (Phi) is 10.9. The first-order valence-electron chi connectivity index (χ1n) is 10.4. The Morgan fingerprint density at radius 1 is 1.23 bits per heavy atom. The van der Waals surface area contributed by atoms with Gasteiger partial charge in [0.25, 0.3) is 0 Å². The average Bonchev–Trinajstić information content (AvgIpc) is 3.17. The first-order chi connectivity index (χ1) is 14.2.